The molecule has 1 atom stereocenters. The Morgan fingerprint density at radius 3 is 2.65 bits per heavy atom. The maximum absolute atomic E-state index is 12.5. The zero-order valence-electron chi connectivity index (χ0n) is 9.59. The van der Waals surface area contributed by atoms with Gasteiger partial charge in [-0.15, -0.1) is 0 Å². The first-order valence-electron chi connectivity index (χ1n) is 5.37. The van der Waals surface area contributed by atoms with Gasteiger partial charge in [-0.05, 0) is 19.4 Å². The summed E-state index contributed by atoms with van der Waals surface area (Å²) in [5.41, 5.74) is -2.60. The van der Waals surface area contributed by atoms with Crippen LogP contribution in [0, 0.1) is 0 Å². The van der Waals surface area contributed by atoms with Crippen molar-refractivity contribution >= 4 is 5.97 Å². The van der Waals surface area contributed by atoms with Gasteiger partial charge in [0, 0.05) is 19.5 Å². The number of esters is 1. The van der Waals surface area contributed by atoms with E-state index in [0.717, 1.165) is 0 Å². The van der Waals surface area contributed by atoms with Crippen molar-refractivity contribution in [2.45, 2.75) is 31.0 Å². The third kappa shape index (κ3) is 3.57. The van der Waals surface area contributed by atoms with Gasteiger partial charge in [0.25, 0.3) is 0 Å². The predicted octanol–water partition coefficient (Wildman–Crippen LogP) is 0.939. The second kappa shape index (κ2) is 5.22. The zero-order valence-corrected chi connectivity index (χ0v) is 9.59. The van der Waals surface area contributed by atoms with E-state index in [2.05, 4.69) is 4.74 Å². The fourth-order valence-corrected chi connectivity index (χ4v) is 1.84. The average Bonchev–Trinajstić information content (AvgIpc) is 2.61. The monoisotopic (exact) mass is 255 g/mol. The molecule has 1 heterocycles. The second-order valence-corrected chi connectivity index (χ2v) is 4.24. The van der Waals surface area contributed by atoms with Crippen molar-refractivity contribution in [3.63, 3.8) is 0 Å². The van der Waals surface area contributed by atoms with Gasteiger partial charge in [0.05, 0.1) is 7.11 Å². The standard InChI is InChI=1S/C10H16F3NO3/c1-17-8(15)3-2-5-14-6-4-9(16,7-14)10(11,12)13/h16H,2-7H2,1H3. The van der Waals surface area contributed by atoms with E-state index in [4.69, 9.17) is 0 Å². The van der Waals surface area contributed by atoms with Crippen molar-refractivity contribution in [1.82, 2.24) is 4.90 Å². The summed E-state index contributed by atoms with van der Waals surface area (Å²) >= 11 is 0. The summed E-state index contributed by atoms with van der Waals surface area (Å²) < 4.78 is 41.8. The van der Waals surface area contributed by atoms with Crippen LogP contribution in [-0.4, -0.2) is 54.5 Å². The highest BCUT2D eigenvalue weighted by atomic mass is 19.4. The van der Waals surface area contributed by atoms with Crippen molar-refractivity contribution in [1.29, 1.82) is 0 Å². The largest absolute Gasteiger partial charge is 0.469 e. The number of halogens is 3. The maximum atomic E-state index is 12.5. The van der Waals surface area contributed by atoms with E-state index in [1.807, 2.05) is 0 Å². The predicted molar refractivity (Wildman–Crippen MR) is 53.3 cm³/mol. The molecule has 0 amide bonds. The first kappa shape index (κ1) is 14.2. The molecule has 0 spiro atoms. The molecule has 1 saturated heterocycles. The van der Waals surface area contributed by atoms with Gasteiger partial charge in [-0.1, -0.05) is 0 Å². The van der Waals surface area contributed by atoms with Crippen LogP contribution in [0.5, 0.6) is 0 Å². The van der Waals surface area contributed by atoms with Crippen LogP contribution in [0.15, 0.2) is 0 Å². The Hall–Kier alpha value is -0.820. The zero-order chi connectivity index (χ0) is 13.1. The average molecular weight is 255 g/mol. The first-order valence-corrected chi connectivity index (χ1v) is 5.37. The van der Waals surface area contributed by atoms with E-state index >= 15 is 0 Å². The fourth-order valence-electron chi connectivity index (χ4n) is 1.84. The SMILES string of the molecule is COC(=O)CCCN1CCC(O)(C(F)(F)F)C1. The molecule has 1 rings (SSSR count). The fraction of sp³-hybridized carbons (Fsp3) is 0.900. The summed E-state index contributed by atoms with van der Waals surface area (Å²) in [6.07, 6.45) is -4.29. The number of hydrogen-bond acceptors (Lipinski definition) is 4. The lowest BCUT2D eigenvalue weighted by molar-refractivity contribution is -0.253. The van der Waals surface area contributed by atoms with E-state index < -0.39 is 18.3 Å². The highest BCUT2D eigenvalue weighted by molar-refractivity contribution is 5.69. The number of β-amino-alcohol motifs (C(OH)–C–C–N with tert-alkyl or cyclic N) is 1. The lowest BCUT2D eigenvalue weighted by Crippen LogP contribution is -2.47. The number of hydrogen-bond donors (Lipinski definition) is 1. The number of ether oxygens (including phenoxy) is 1. The Bertz CT molecular complexity index is 282. The van der Waals surface area contributed by atoms with Gasteiger partial charge in [0.15, 0.2) is 5.60 Å². The molecule has 1 aliphatic heterocycles. The summed E-state index contributed by atoms with van der Waals surface area (Å²) in [6, 6.07) is 0. The maximum Gasteiger partial charge on any atom is 0.418 e. The molecule has 17 heavy (non-hydrogen) atoms. The minimum atomic E-state index is -4.59. The molecular formula is C10H16F3NO3. The van der Waals surface area contributed by atoms with Crippen molar-refractivity contribution in [3.05, 3.63) is 0 Å². The number of rotatable bonds is 4. The van der Waals surface area contributed by atoms with Crippen LogP contribution in [0.4, 0.5) is 13.2 Å². The quantitative estimate of drug-likeness (QED) is 0.759. The highest BCUT2D eigenvalue weighted by Gasteiger charge is 2.56. The van der Waals surface area contributed by atoms with Gasteiger partial charge in [0.1, 0.15) is 0 Å². The molecular weight excluding hydrogens is 239 g/mol. The summed E-state index contributed by atoms with van der Waals surface area (Å²) in [6.45, 7) is 0.127. The number of carbonyl (C=O) groups is 1. The van der Waals surface area contributed by atoms with Crippen LogP contribution in [-0.2, 0) is 9.53 Å². The molecule has 0 saturated carbocycles. The van der Waals surface area contributed by atoms with Gasteiger partial charge in [-0.25, -0.2) is 0 Å². The Morgan fingerprint density at radius 1 is 1.53 bits per heavy atom. The van der Waals surface area contributed by atoms with E-state index in [-0.39, 0.29) is 25.4 Å². The minimum Gasteiger partial charge on any atom is -0.469 e. The smallest absolute Gasteiger partial charge is 0.418 e. The van der Waals surface area contributed by atoms with Gasteiger partial charge in [-0.2, -0.15) is 13.2 Å². The van der Waals surface area contributed by atoms with Gasteiger partial charge in [-0.3, -0.25) is 9.69 Å². The van der Waals surface area contributed by atoms with Crippen molar-refractivity contribution in [3.8, 4) is 0 Å². The molecule has 7 heteroatoms. The molecule has 4 nitrogen and oxygen atoms in total. The molecule has 0 bridgehead atoms. The normalized spacial score (nSPS) is 26.2. The molecule has 100 valence electrons. The third-order valence-electron chi connectivity index (χ3n) is 2.94. The Morgan fingerprint density at radius 2 is 2.18 bits per heavy atom. The molecule has 0 aromatic heterocycles. The summed E-state index contributed by atoms with van der Waals surface area (Å²) in [7, 11) is 1.26. The van der Waals surface area contributed by atoms with Crippen LogP contribution < -0.4 is 0 Å². The number of aliphatic hydroxyl groups is 1. The van der Waals surface area contributed by atoms with E-state index in [1.165, 1.54) is 12.0 Å². The molecule has 0 aliphatic carbocycles. The van der Waals surface area contributed by atoms with Crippen LogP contribution in [0.25, 0.3) is 0 Å². The van der Waals surface area contributed by atoms with Gasteiger partial charge in [0.2, 0.25) is 0 Å². The van der Waals surface area contributed by atoms with Crippen LogP contribution >= 0.6 is 0 Å². The molecule has 1 unspecified atom stereocenters. The lowest BCUT2D eigenvalue weighted by atomic mass is 10.0. The molecule has 1 aliphatic rings. The Kier molecular flexibility index (Phi) is 4.37. The highest BCUT2D eigenvalue weighted by Crippen LogP contribution is 2.37. The summed E-state index contributed by atoms with van der Waals surface area (Å²) in [5.74, 6) is -0.379. The van der Waals surface area contributed by atoms with Gasteiger partial charge < -0.3 is 9.84 Å². The molecule has 0 radical (unpaired) electrons. The van der Waals surface area contributed by atoms with Crippen LogP contribution in [0.3, 0.4) is 0 Å². The summed E-state index contributed by atoms with van der Waals surface area (Å²) in [5, 5.41) is 9.39. The third-order valence-corrected chi connectivity index (χ3v) is 2.94. The Balaban J connectivity index is 2.34. The number of alkyl halides is 3. The second-order valence-electron chi connectivity index (χ2n) is 4.24. The number of nitrogens with zero attached hydrogens (tertiary/aromatic N) is 1. The van der Waals surface area contributed by atoms with Crippen molar-refractivity contribution in [2.24, 2.45) is 0 Å². The number of carbonyl (C=O) groups excluding carboxylic acids is 1. The lowest BCUT2D eigenvalue weighted by Gasteiger charge is -2.26. The number of methoxy groups -OCH3 is 1. The summed E-state index contributed by atoms with van der Waals surface area (Å²) in [4.78, 5) is 12.3. The minimum absolute atomic E-state index is 0.178. The van der Waals surface area contributed by atoms with Crippen LogP contribution in [0.2, 0.25) is 0 Å². The van der Waals surface area contributed by atoms with E-state index in [0.29, 0.717) is 13.0 Å². The number of likely N-dealkylation sites (tertiary alicyclic amines) is 1. The topological polar surface area (TPSA) is 49.8 Å². The van der Waals surface area contributed by atoms with E-state index in [1.54, 1.807) is 0 Å². The molecule has 1 N–H and O–H groups in total. The van der Waals surface area contributed by atoms with Crippen molar-refractivity contribution < 1.29 is 27.8 Å². The van der Waals surface area contributed by atoms with Crippen molar-refractivity contribution in [2.75, 3.05) is 26.7 Å². The molecule has 1 fully saturated rings. The molecule has 0 aromatic carbocycles. The van der Waals surface area contributed by atoms with Crippen LogP contribution in [0.1, 0.15) is 19.3 Å². The van der Waals surface area contributed by atoms with Gasteiger partial charge >= 0.3 is 12.1 Å². The first-order chi connectivity index (χ1) is 7.78. The Labute approximate surface area is 97.3 Å². The van der Waals surface area contributed by atoms with E-state index in [9.17, 15) is 23.1 Å². The molecule has 0 aromatic rings.